The van der Waals surface area contributed by atoms with Crippen LogP contribution in [0.1, 0.15) is 39.5 Å². The first-order valence-electron chi connectivity index (χ1n) is 5.75. The molecule has 1 aliphatic carbocycles. The van der Waals surface area contributed by atoms with Gasteiger partial charge in [-0.3, -0.25) is 4.79 Å². The standard InChI is InChI=1S/C11H22N2O/c1-3-12-11(14)9(2)13-8-10-6-4-5-7-10/h9-10,13H,3-8H2,1-2H3,(H,12,14). The molecule has 82 valence electrons. The highest BCUT2D eigenvalue weighted by Gasteiger charge is 2.17. The lowest BCUT2D eigenvalue weighted by atomic mass is 10.1. The lowest BCUT2D eigenvalue weighted by Crippen LogP contribution is -2.43. The van der Waals surface area contributed by atoms with Crippen LogP contribution in [0.25, 0.3) is 0 Å². The van der Waals surface area contributed by atoms with E-state index in [1.807, 2.05) is 13.8 Å². The molecule has 1 saturated carbocycles. The summed E-state index contributed by atoms with van der Waals surface area (Å²) >= 11 is 0. The molecule has 0 aromatic carbocycles. The minimum Gasteiger partial charge on any atom is -0.355 e. The zero-order valence-electron chi connectivity index (χ0n) is 9.31. The zero-order valence-corrected chi connectivity index (χ0v) is 9.31. The van der Waals surface area contributed by atoms with Crippen LogP contribution in [-0.2, 0) is 4.79 Å². The summed E-state index contributed by atoms with van der Waals surface area (Å²) in [7, 11) is 0. The summed E-state index contributed by atoms with van der Waals surface area (Å²) in [6.07, 6.45) is 5.38. The molecule has 1 aliphatic rings. The molecule has 1 atom stereocenters. The molecule has 2 N–H and O–H groups in total. The van der Waals surface area contributed by atoms with Crippen molar-refractivity contribution in [2.75, 3.05) is 13.1 Å². The van der Waals surface area contributed by atoms with Gasteiger partial charge >= 0.3 is 0 Å². The maximum Gasteiger partial charge on any atom is 0.236 e. The Balaban J connectivity index is 2.13. The highest BCUT2D eigenvalue weighted by Crippen LogP contribution is 2.23. The molecular weight excluding hydrogens is 176 g/mol. The number of likely N-dealkylation sites (N-methyl/N-ethyl adjacent to an activating group) is 1. The van der Waals surface area contributed by atoms with E-state index in [4.69, 9.17) is 0 Å². The molecule has 1 fully saturated rings. The largest absolute Gasteiger partial charge is 0.355 e. The molecule has 14 heavy (non-hydrogen) atoms. The fraction of sp³-hybridized carbons (Fsp3) is 0.909. The van der Waals surface area contributed by atoms with Crippen LogP contribution in [0, 0.1) is 5.92 Å². The third-order valence-corrected chi connectivity index (χ3v) is 2.93. The maximum atomic E-state index is 11.4. The first-order valence-corrected chi connectivity index (χ1v) is 5.75. The normalized spacial score (nSPS) is 19.6. The fourth-order valence-electron chi connectivity index (χ4n) is 1.98. The predicted molar refractivity (Wildman–Crippen MR) is 58.1 cm³/mol. The second-order valence-electron chi connectivity index (χ2n) is 4.17. The third kappa shape index (κ3) is 3.66. The Morgan fingerprint density at radius 2 is 2.07 bits per heavy atom. The van der Waals surface area contributed by atoms with E-state index in [0.29, 0.717) is 6.54 Å². The van der Waals surface area contributed by atoms with Crippen molar-refractivity contribution in [2.45, 2.75) is 45.6 Å². The van der Waals surface area contributed by atoms with Crippen molar-refractivity contribution < 1.29 is 4.79 Å². The van der Waals surface area contributed by atoms with E-state index in [-0.39, 0.29) is 11.9 Å². The minimum atomic E-state index is -0.0458. The molecule has 1 amide bonds. The van der Waals surface area contributed by atoms with Gasteiger partial charge in [-0.05, 0) is 39.2 Å². The molecule has 0 aromatic heterocycles. The van der Waals surface area contributed by atoms with Crippen LogP contribution < -0.4 is 10.6 Å². The molecule has 0 radical (unpaired) electrons. The molecule has 1 rings (SSSR count). The smallest absolute Gasteiger partial charge is 0.236 e. The van der Waals surface area contributed by atoms with Gasteiger partial charge in [-0.2, -0.15) is 0 Å². The molecule has 0 aromatic rings. The zero-order chi connectivity index (χ0) is 10.4. The van der Waals surface area contributed by atoms with Gasteiger partial charge in [-0.15, -0.1) is 0 Å². The number of carbonyl (C=O) groups is 1. The van der Waals surface area contributed by atoms with E-state index in [0.717, 1.165) is 12.5 Å². The Bertz CT molecular complexity index is 176. The summed E-state index contributed by atoms with van der Waals surface area (Å²) in [5.74, 6) is 0.914. The molecule has 1 unspecified atom stereocenters. The SMILES string of the molecule is CCNC(=O)C(C)NCC1CCCC1. The van der Waals surface area contributed by atoms with E-state index in [2.05, 4.69) is 10.6 Å². The van der Waals surface area contributed by atoms with E-state index in [1.165, 1.54) is 25.7 Å². The first kappa shape index (κ1) is 11.5. The maximum absolute atomic E-state index is 11.4. The molecule has 0 saturated heterocycles. The average molecular weight is 198 g/mol. The third-order valence-electron chi connectivity index (χ3n) is 2.93. The lowest BCUT2D eigenvalue weighted by Gasteiger charge is -2.16. The van der Waals surface area contributed by atoms with Crippen LogP contribution >= 0.6 is 0 Å². The highest BCUT2D eigenvalue weighted by atomic mass is 16.2. The average Bonchev–Trinajstić information content (AvgIpc) is 2.67. The molecular formula is C11H22N2O. The predicted octanol–water partition coefficient (Wildman–Crippen LogP) is 1.29. The van der Waals surface area contributed by atoms with Gasteiger partial charge in [0, 0.05) is 6.54 Å². The van der Waals surface area contributed by atoms with Crippen molar-refractivity contribution in [3.63, 3.8) is 0 Å². The molecule has 0 bridgehead atoms. The van der Waals surface area contributed by atoms with Gasteiger partial charge < -0.3 is 10.6 Å². The first-order chi connectivity index (χ1) is 6.74. The Hall–Kier alpha value is -0.570. The summed E-state index contributed by atoms with van der Waals surface area (Å²) in [6.45, 7) is 5.59. The van der Waals surface area contributed by atoms with Crippen LogP contribution in [0.15, 0.2) is 0 Å². The van der Waals surface area contributed by atoms with Gasteiger partial charge in [-0.25, -0.2) is 0 Å². The topological polar surface area (TPSA) is 41.1 Å². The van der Waals surface area contributed by atoms with Gasteiger partial charge in [0.1, 0.15) is 0 Å². The van der Waals surface area contributed by atoms with E-state index in [9.17, 15) is 4.79 Å². The van der Waals surface area contributed by atoms with Crippen molar-refractivity contribution in [1.82, 2.24) is 10.6 Å². The summed E-state index contributed by atoms with van der Waals surface area (Å²) in [6, 6.07) is -0.0458. The van der Waals surface area contributed by atoms with Gasteiger partial charge in [0.2, 0.25) is 5.91 Å². The van der Waals surface area contributed by atoms with Crippen molar-refractivity contribution >= 4 is 5.91 Å². The Labute approximate surface area is 86.6 Å². The van der Waals surface area contributed by atoms with E-state index < -0.39 is 0 Å². The number of hydrogen-bond acceptors (Lipinski definition) is 2. The van der Waals surface area contributed by atoms with Crippen LogP contribution in [0.5, 0.6) is 0 Å². The van der Waals surface area contributed by atoms with Crippen LogP contribution in [-0.4, -0.2) is 25.0 Å². The molecule has 0 spiro atoms. The second kappa shape index (κ2) is 6.02. The van der Waals surface area contributed by atoms with Crippen molar-refractivity contribution in [3.05, 3.63) is 0 Å². The van der Waals surface area contributed by atoms with E-state index >= 15 is 0 Å². The number of nitrogens with one attached hydrogen (secondary N) is 2. The quantitative estimate of drug-likeness (QED) is 0.699. The van der Waals surface area contributed by atoms with Gasteiger partial charge in [0.25, 0.3) is 0 Å². The monoisotopic (exact) mass is 198 g/mol. The highest BCUT2D eigenvalue weighted by molar-refractivity contribution is 5.81. The minimum absolute atomic E-state index is 0.0458. The number of hydrogen-bond donors (Lipinski definition) is 2. The lowest BCUT2D eigenvalue weighted by molar-refractivity contribution is -0.122. The van der Waals surface area contributed by atoms with Crippen molar-refractivity contribution in [3.8, 4) is 0 Å². The van der Waals surface area contributed by atoms with Gasteiger partial charge in [0.05, 0.1) is 6.04 Å². The molecule has 3 nitrogen and oxygen atoms in total. The summed E-state index contributed by atoms with van der Waals surface area (Å²) in [4.78, 5) is 11.4. The van der Waals surface area contributed by atoms with Crippen LogP contribution in [0.3, 0.4) is 0 Å². The van der Waals surface area contributed by atoms with Crippen LogP contribution in [0.4, 0.5) is 0 Å². The summed E-state index contributed by atoms with van der Waals surface area (Å²) < 4.78 is 0. The fourth-order valence-corrected chi connectivity index (χ4v) is 1.98. The Kier molecular flexibility index (Phi) is 4.94. The molecule has 0 aliphatic heterocycles. The second-order valence-corrected chi connectivity index (χ2v) is 4.17. The van der Waals surface area contributed by atoms with Crippen molar-refractivity contribution in [1.29, 1.82) is 0 Å². The summed E-state index contributed by atoms with van der Waals surface area (Å²) in [5.41, 5.74) is 0. The van der Waals surface area contributed by atoms with Crippen LogP contribution in [0.2, 0.25) is 0 Å². The number of carbonyl (C=O) groups excluding carboxylic acids is 1. The Morgan fingerprint density at radius 3 is 2.64 bits per heavy atom. The van der Waals surface area contributed by atoms with Gasteiger partial charge in [0.15, 0.2) is 0 Å². The summed E-state index contributed by atoms with van der Waals surface area (Å²) in [5, 5.41) is 6.12. The number of rotatable bonds is 5. The molecule has 0 heterocycles. The number of amides is 1. The van der Waals surface area contributed by atoms with Crippen molar-refractivity contribution in [2.24, 2.45) is 5.92 Å². The van der Waals surface area contributed by atoms with E-state index in [1.54, 1.807) is 0 Å². The Morgan fingerprint density at radius 1 is 1.43 bits per heavy atom. The molecule has 3 heteroatoms. The van der Waals surface area contributed by atoms with Gasteiger partial charge in [-0.1, -0.05) is 12.8 Å².